The third-order valence-corrected chi connectivity index (χ3v) is 1.97. The van der Waals surface area contributed by atoms with Crippen LogP contribution in [-0.4, -0.2) is 26.9 Å². The van der Waals surface area contributed by atoms with Gasteiger partial charge in [-0.05, 0) is 0 Å². The highest BCUT2D eigenvalue weighted by atomic mass is 35.5. The maximum Gasteiger partial charge on any atom is 0.318 e. The quantitative estimate of drug-likeness (QED) is 0.822. The summed E-state index contributed by atoms with van der Waals surface area (Å²) in [6.45, 7) is 0. The number of nitrogen functional groups attached to an aromatic ring is 1. The molecule has 0 bridgehead atoms. The lowest BCUT2D eigenvalue weighted by atomic mass is 10.5. The molecule has 78 valence electrons. The van der Waals surface area contributed by atoms with Gasteiger partial charge in [0.2, 0.25) is 0 Å². The molecule has 0 amide bonds. The van der Waals surface area contributed by atoms with Crippen molar-refractivity contribution < 1.29 is 4.74 Å². The summed E-state index contributed by atoms with van der Waals surface area (Å²) in [5.41, 5.74) is 6.07. The van der Waals surface area contributed by atoms with Crippen molar-refractivity contribution in [1.82, 2.24) is 19.7 Å². The van der Waals surface area contributed by atoms with Gasteiger partial charge in [0, 0.05) is 0 Å². The number of hydrogen-bond acceptors (Lipinski definition) is 5. The highest BCUT2D eigenvalue weighted by Crippen LogP contribution is 2.19. The molecule has 0 radical (unpaired) electrons. The van der Waals surface area contributed by atoms with Gasteiger partial charge in [0.05, 0.1) is 31.4 Å². The lowest BCUT2D eigenvalue weighted by molar-refractivity contribution is 0.379. The van der Waals surface area contributed by atoms with Gasteiger partial charge in [-0.1, -0.05) is 11.6 Å². The van der Waals surface area contributed by atoms with Gasteiger partial charge in [0.15, 0.2) is 5.82 Å². The van der Waals surface area contributed by atoms with Crippen LogP contribution in [0.4, 0.5) is 5.69 Å². The van der Waals surface area contributed by atoms with Crippen molar-refractivity contribution in [2.45, 2.75) is 0 Å². The van der Waals surface area contributed by atoms with Crippen molar-refractivity contribution >= 4 is 17.3 Å². The summed E-state index contributed by atoms with van der Waals surface area (Å²) < 4.78 is 6.35. The molecular formula is C8H8ClN5O. The first-order valence-electron chi connectivity index (χ1n) is 4.08. The van der Waals surface area contributed by atoms with Gasteiger partial charge in [-0.3, -0.25) is 0 Å². The molecule has 0 aliphatic carbocycles. The van der Waals surface area contributed by atoms with Crippen molar-refractivity contribution in [1.29, 1.82) is 0 Å². The number of aromatic nitrogens is 4. The molecule has 2 N–H and O–H groups in total. The second-order valence-electron chi connectivity index (χ2n) is 2.75. The van der Waals surface area contributed by atoms with Crippen LogP contribution in [0.5, 0.6) is 6.01 Å². The molecule has 2 rings (SSSR count). The van der Waals surface area contributed by atoms with Gasteiger partial charge in [-0.15, -0.1) is 0 Å². The number of methoxy groups -OCH3 is 1. The Morgan fingerprint density at radius 1 is 1.47 bits per heavy atom. The molecule has 7 heteroatoms. The number of ether oxygens (including phenoxy) is 1. The van der Waals surface area contributed by atoms with E-state index in [9.17, 15) is 0 Å². The van der Waals surface area contributed by atoms with Crippen molar-refractivity contribution in [2.24, 2.45) is 0 Å². The van der Waals surface area contributed by atoms with E-state index in [1.165, 1.54) is 24.2 Å². The zero-order valence-electron chi connectivity index (χ0n) is 7.88. The summed E-state index contributed by atoms with van der Waals surface area (Å²) in [6, 6.07) is 0.225. The number of halogens is 1. The van der Waals surface area contributed by atoms with Crippen LogP contribution in [0.2, 0.25) is 5.02 Å². The second-order valence-corrected chi connectivity index (χ2v) is 3.15. The maximum absolute atomic E-state index is 5.91. The van der Waals surface area contributed by atoms with Crippen LogP contribution >= 0.6 is 11.6 Å². The Balaban J connectivity index is 2.51. The summed E-state index contributed by atoms with van der Waals surface area (Å²) in [5, 5.41) is 4.36. The van der Waals surface area contributed by atoms with Gasteiger partial charge >= 0.3 is 6.01 Å². The van der Waals surface area contributed by atoms with E-state index in [2.05, 4.69) is 15.1 Å². The minimum atomic E-state index is 0.225. The third kappa shape index (κ3) is 1.84. The van der Waals surface area contributed by atoms with Crippen molar-refractivity contribution in [2.75, 3.05) is 12.8 Å². The SMILES string of the molecule is COc1ncc(Cl)c(-n2cc(N)cn2)n1. The molecule has 2 aromatic rings. The van der Waals surface area contributed by atoms with E-state index in [0.717, 1.165) is 0 Å². The molecule has 0 aliphatic heterocycles. The van der Waals surface area contributed by atoms with E-state index >= 15 is 0 Å². The fourth-order valence-corrected chi connectivity index (χ4v) is 1.23. The molecule has 0 saturated carbocycles. The maximum atomic E-state index is 5.91. The topological polar surface area (TPSA) is 78.9 Å². The van der Waals surface area contributed by atoms with E-state index < -0.39 is 0 Å². The molecule has 15 heavy (non-hydrogen) atoms. The fraction of sp³-hybridized carbons (Fsp3) is 0.125. The first kappa shape index (κ1) is 9.72. The van der Waals surface area contributed by atoms with Gasteiger partial charge < -0.3 is 10.5 Å². The molecular weight excluding hydrogens is 218 g/mol. The highest BCUT2D eigenvalue weighted by molar-refractivity contribution is 6.32. The predicted octanol–water partition coefficient (Wildman–Crippen LogP) is 0.906. The second kappa shape index (κ2) is 3.74. The minimum absolute atomic E-state index is 0.225. The smallest absolute Gasteiger partial charge is 0.318 e. The summed E-state index contributed by atoms with van der Waals surface area (Å²) in [5.74, 6) is 0.431. The summed E-state index contributed by atoms with van der Waals surface area (Å²) >= 11 is 5.91. The Bertz CT molecular complexity index is 484. The van der Waals surface area contributed by atoms with Crippen molar-refractivity contribution in [3.8, 4) is 11.8 Å². The van der Waals surface area contributed by atoms with Crippen LogP contribution in [0.1, 0.15) is 0 Å². The first-order chi connectivity index (χ1) is 7.20. The molecule has 2 aromatic heterocycles. The number of anilines is 1. The summed E-state index contributed by atoms with van der Waals surface area (Å²) in [7, 11) is 1.48. The van der Waals surface area contributed by atoms with E-state index in [4.69, 9.17) is 22.1 Å². The number of nitrogens with two attached hydrogens (primary N) is 1. The predicted molar refractivity (Wildman–Crippen MR) is 55.1 cm³/mol. The van der Waals surface area contributed by atoms with E-state index in [1.807, 2.05) is 0 Å². The normalized spacial score (nSPS) is 10.3. The minimum Gasteiger partial charge on any atom is -0.467 e. The molecule has 0 atom stereocenters. The number of rotatable bonds is 2. The van der Waals surface area contributed by atoms with Gasteiger partial charge in [-0.25, -0.2) is 9.67 Å². The van der Waals surface area contributed by atoms with Crippen LogP contribution in [-0.2, 0) is 0 Å². The standard InChI is InChI=1S/C8H8ClN5O/c1-15-8-11-3-6(9)7(13-8)14-4-5(10)2-12-14/h2-4H,10H2,1H3. The molecule has 0 unspecified atom stereocenters. The van der Waals surface area contributed by atoms with Gasteiger partial charge in [0.1, 0.15) is 5.02 Å². The first-order valence-corrected chi connectivity index (χ1v) is 4.45. The Labute approximate surface area is 90.7 Å². The number of nitrogens with zero attached hydrogens (tertiary/aromatic N) is 4. The molecule has 0 fully saturated rings. The largest absolute Gasteiger partial charge is 0.467 e. The van der Waals surface area contributed by atoms with Gasteiger partial charge in [-0.2, -0.15) is 10.1 Å². The van der Waals surface area contributed by atoms with Crippen LogP contribution in [0.3, 0.4) is 0 Å². The molecule has 0 aliphatic rings. The zero-order valence-corrected chi connectivity index (χ0v) is 8.64. The molecule has 0 aromatic carbocycles. The Hall–Kier alpha value is -1.82. The molecule has 0 saturated heterocycles. The monoisotopic (exact) mass is 225 g/mol. The van der Waals surface area contributed by atoms with Crippen LogP contribution in [0, 0.1) is 0 Å². The average Bonchev–Trinajstić information content (AvgIpc) is 2.65. The molecule has 2 heterocycles. The van der Waals surface area contributed by atoms with Gasteiger partial charge in [0.25, 0.3) is 0 Å². The average molecular weight is 226 g/mol. The Morgan fingerprint density at radius 2 is 2.27 bits per heavy atom. The van der Waals surface area contributed by atoms with Crippen molar-refractivity contribution in [3.63, 3.8) is 0 Å². The molecule has 6 nitrogen and oxygen atoms in total. The van der Waals surface area contributed by atoms with Crippen LogP contribution in [0.15, 0.2) is 18.6 Å². The van der Waals surface area contributed by atoms with E-state index in [1.54, 1.807) is 6.20 Å². The lowest BCUT2D eigenvalue weighted by Gasteiger charge is -2.03. The fourth-order valence-electron chi connectivity index (χ4n) is 1.05. The number of hydrogen-bond donors (Lipinski definition) is 1. The van der Waals surface area contributed by atoms with Crippen LogP contribution in [0.25, 0.3) is 5.82 Å². The summed E-state index contributed by atoms with van der Waals surface area (Å²) in [6.07, 6.45) is 4.55. The van der Waals surface area contributed by atoms with E-state index in [0.29, 0.717) is 16.5 Å². The van der Waals surface area contributed by atoms with E-state index in [-0.39, 0.29) is 6.01 Å². The van der Waals surface area contributed by atoms with Crippen molar-refractivity contribution in [3.05, 3.63) is 23.6 Å². The zero-order chi connectivity index (χ0) is 10.8. The third-order valence-electron chi connectivity index (χ3n) is 1.71. The highest BCUT2D eigenvalue weighted by Gasteiger charge is 2.08. The Morgan fingerprint density at radius 3 is 2.87 bits per heavy atom. The summed E-state index contributed by atoms with van der Waals surface area (Å²) in [4.78, 5) is 7.91. The lowest BCUT2D eigenvalue weighted by Crippen LogP contribution is -2.02. The Kier molecular flexibility index (Phi) is 2.42. The van der Waals surface area contributed by atoms with Crippen LogP contribution < -0.4 is 10.5 Å². The molecule has 0 spiro atoms.